The third kappa shape index (κ3) is 17.0. The predicted octanol–water partition coefficient (Wildman–Crippen LogP) is 11.7. The largest absolute Gasteiger partial charge is 0.261 e. The van der Waals surface area contributed by atoms with E-state index >= 15 is 0 Å². The molecule has 32 heavy (non-hydrogen) atoms. The number of hydrogen-bond acceptors (Lipinski definition) is 0. The van der Waals surface area contributed by atoms with Gasteiger partial charge in [-0.25, -0.2) is 0 Å². The molecule has 3 heterocycles. The van der Waals surface area contributed by atoms with Crippen molar-refractivity contribution in [3.63, 3.8) is 0 Å². The van der Waals surface area contributed by atoms with Crippen LogP contribution in [0.15, 0.2) is 0 Å². The number of hydrogen-bond donors (Lipinski definition) is 0. The Morgan fingerprint density at radius 1 is 0.250 bits per heavy atom. The van der Waals surface area contributed by atoms with Gasteiger partial charge in [-0.1, -0.05) is 189 Å². The van der Waals surface area contributed by atoms with Gasteiger partial charge >= 0.3 is 0 Å². The zero-order chi connectivity index (χ0) is 22.4. The molecule has 2 bridgehead atoms. The van der Waals surface area contributed by atoms with E-state index in [1.165, 1.54) is 116 Å². The van der Waals surface area contributed by atoms with Crippen LogP contribution in [0.5, 0.6) is 0 Å². The summed E-state index contributed by atoms with van der Waals surface area (Å²) in [5.74, 6) is 1.06. The third-order valence-corrected chi connectivity index (χ3v) is 12.6. The van der Waals surface area contributed by atoms with Gasteiger partial charge in [0.25, 0.3) is 14.1 Å². The molecule has 1 heteroatoms. The van der Waals surface area contributed by atoms with Gasteiger partial charge in [-0.3, -0.25) is 0 Å². The molecule has 0 aliphatic carbocycles. The number of fused-ring (bicyclic) bond motifs is 27. The lowest BCUT2D eigenvalue weighted by atomic mass is 9.89. The first-order valence-corrected chi connectivity index (χ1v) is 18.4. The van der Waals surface area contributed by atoms with Crippen LogP contribution in [-0.4, -0.2) is 14.1 Å². The van der Waals surface area contributed by atoms with Gasteiger partial charge < -0.3 is 0 Å². The summed E-state index contributed by atoms with van der Waals surface area (Å²) in [6, 6.07) is 0. The van der Waals surface area contributed by atoms with Crippen LogP contribution in [0, 0.1) is 5.92 Å². The molecular weight excluding hydrogens is 399 g/mol. The Hall–Kier alpha value is 0.532. The minimum absolute atomic E-state index is 0.435. The van der Waals surface area contributed by atoms with Gasteiger partial charge in [-0.2, -0.15) is 0 Å². The Morgan fingerprint density at radius 2 is 0.469 bits per heavy atom. The summed E-state index contributed by atoms with van der Waals surface area (Å²) in [6.45, 7) is 0. The molecule has 0 saturated carbocycles. The summed E-state index contributed by atoms with van der Waals surface area (Å²) in [5.41, 5.74) is 0. The lowest BCUT2D eigenvalue weighted by Crippen LogP contribution is -2.12. The fourth-order valence-corrected chi connectivity index (χ4v) is 10.1. The van der Waals surface area contributed by atoms with Crippen LogP contribution in [0.2, 0.25) is 15.8 Å². The van der Waals surface area contributed by atoms with Crippen LogP contribution in [0.3, 0.4) is 0 Å². The summed E-state index contributed by atoms with van der Waals surface area (Å²) >= 11 is -0.435. The molecule has 3 aliphatic heterocycles. The zero-order valence-electron chi connectivity index (χ0n) is 22.4. The Labute approximate surface area is 208 Å². The van der Waals surface area contributed by atoms with Crippen LogP contribution in [-0.2, 0) is 0 Å². The molecule has 0 unspecified atom stereocenters. The topological polar surface area (TPSA) is 0 Å². The van der Waals surface area contributed by atoms with Crippen molar-refractivity contribution in [1.82, 2.24) is 0 Å². The lowest BCUT2D eigenvalue weighted by molar-refractivity contribution is 0.365. The summed E-state index contributed by atoms with van der Waals surface area (Å²) in [5, 5.41) is 5.05. The molecule has 0 aromatic carbocycles. The fourth-order valence-electron chi connectivity index (χ4n) is 6.65. The van der Waals surface area contributed by atoms with Gasteiger partial charge in [0.15, 0.2) is 0 Å². The molecule has 3 saturated heterocycles. The highest BCUT2D eigenvalue weighted by atomic mass is 27.2. The molecule has 3 fully saturated rings. The first-order chi connectivity index (χ1) is 15.9. The third-order valence-electron chi connectivity index (χ3n) is 8.92. The maximum Gasteiger partial charge on any atom is 0.261 e. The van der Waals surface area contributed by atoms with E-state index in [0.29, 0.717) is 0 Å². The van der Waals surface area contributed by atoms with Gasteiger partial charge in [0.05, 0.1) is 0 Å². The molecule has 0 radical (unpaired) electrons. The average molecular weight is 461 g/mol. The predicted molar refractivity (Wildman–Crippen MR) is 148 cm³/mol. The molecule has 188 valence electrons. The van der Waals surface area contributed by atoms with Gasteiger partial charge in [0.2, 0.25) is 0 Å². The van der Waals surface area contributed by atoms with Crippen LogP contribution < -0.4 is 0 Å². The number of rotatable bonds is 0. The molecule has 0 aromatic heterocycles. The quantitative estimate of drug-likeness (QED) is 0.315. The highest BCUT2D eigenvalue weighted by Gasteiger charge is 2.16. The van der Waals surface area contributed by atoms with Crippen LogP contribution >= 0.6 is 0 Å². The molecule has 0 spiro atoms. The van der Waals surface area contributed by atoms with Crippen molar-refractivity contribution in [2.24, 2.45) is 5.92 Å². The second-order valence-electron chi connectivity index (χ2n) is 11.9. The van der Waals surface area contributed by atoms with E-state index in [1.807, 2.05) is 0 Å². The highest BCUT2D eigenvalue weighted by molar-refractivity contribution is 6.58. The highest BCUT2D eigenvalue weighted by Crippen LogP contribution is 2.26. The van der Waals surface area contributed by atoms with E-state index in [2.05, 4.69) is 0 Å². The summed E-state index contributed by atoms with van der Waals surface area (Å²) in [6.07, 6.45) is 41.4. The Kier molecular flexibility index (Phi) is 19.8. The Morgan fingerprint density at radius 3 is 0.750 bits per heavy atom. The molecular formula is C31H61Al. The maximum atomic E-state index is 1.68. The van der Waals surface area contributed by atoms with E-state index < -0.39 is 14.1 Å². The molecule has 0 amide bonds. The van der Waals surface area contributed by atoms with Crippen molar-refractivity contribution >= 4 is 14.1 Å². The van der Waals surface area contributed by atoms with E-state index in [9.17, 15) is 0 Å². The van der Waals surface area contributed by atoms with Gasteiger partial charge in [0, 0.05) is 0 Å². The maximum absolute atomic E-state index is 1.68. The van der Waals surface area contributed by atoms with Gasteiger partial charge in [0.1, 0.15) is 0 Å². The van der Waals surface area contributed by atoms with E-state index in [4.69, 9.17) is 0 Å². The van der Waals surface area contributed by atoms with Gasteiger partial charge in [-0.15, -0.1) is 0 Å². The first kappa shape index (κ1) is 28.8. The molecule has 0 atom stereocenters. The minimum Gasteiger partial charge on any atom is -0.0939 e. The monoisotopic (exact) mass is 460 g/mol. The summed E-state index contributed by atoms with van der Waals surface area (Å²) in [4.78, 5) is 0. The molecule has 0 nitrogen and oxygen atoms in total. The second-order valence-corrected chi connectivity index (χ2v) is 15.4. The van der Waals surface area contributed by atoms with E-state index in [0.717, 1.165) is 5.92 Å². The van der Waals surface area contributed by atoms with Crippen molar-refractivity contribution in [2.45, 2.75) is 189 Å². The van der Waals surface area contributed by atoms with Gasteiger partial charge in [-0.05, 0) is 5.92 Å². The fraction of sp³-hybridized carbons (Fsp3) is 1.00. The minimum atomic E-state index is -0.435. The molecule has 3 aliphatic rings. The van der Waals surface area contributed by atoms with Crippen LogP contribution in [0.25, 0.3) is 0 Å². The first-order valence-electron chi connectivity index (χ1n) is 15.9. The van der Waals surface area contributed by atoms with Crippen molar-refractivity contribution < 1.29 is 0 Å². The zero-order valence-corrected chi connectivity index (χ0v) is 23.5. The lowest BCUT2D eigenvalue weighted by Gasteiger charge is -2.17. The normalized spacial score (nSPS) is 25.3. The molecule has 0 aromatic rings. The van der Waals surface area contributed by atoms with Crippen LogP contribution in [0.1, 0.15) is 173 Å². The Bertz CT molecular complexity index is 286. The molecule has 3 rings (SSSR count). The summed E-state index contributed by atoms with van der Waals surface area (Å²) in [7, 11) is 0. The van der Waals surface area contributed by atoms with Crippen molar-refractivity contribution in [1.29, 1.82) is 0 Å². The standard InChI is InChI=1S/C31H61.Al/c1-4-7-10-13-16-19-22-25-28-31(29-26-23-20-17-14-11-8-5-2)30-27-24-21-18-15-12-9-6-3;/h31H,1-30H2;. The van der Waals surface area contributed by atoms with Crippen molar-refractivity contribution in [3.8, 4) is 0 Å². The van der Waals surface area contributed by atoms with Crippen molar-refractivity contribution in [3.05, 3.63) is 0 Å². The SMILES string of the molecule is C1CCCC[CH2][Al]2[CH2]CCCCCCCCCC(CCCC1)CCCCCCCCC[CH2]2. The Balaban J connectivity index is 1.86. The van der Waals surface area contributed by atoms with E-state index in [1.54, 1.807) is 73.6 Å². The van der Waals surface area contributed by atoms with E-state index in [-0.39, 0.29) is 0 Å². The van der Waals surface area contributed by atoms with Crippen LogP contribution in [0.4, 0.5) is 0 Å². The second kappa shape index (κ2) is 22.0. The molecule has 0 N–H and O–H groups in total. The smallest absolute Gasteiger partial charge is 0.0939 e. The summed E-state index contributed by atoms with van der Waals surface area (Å²) < 4.78 is 0. The van der Waals surface area contributed by atoms with Crippen molar-refractivity contribution in [2.75, 3.05) is 0 Å². The average Bonchev–Trinajstić information content (AvgIpc) is 2.80.